The van der Waals surface area contributed by atoms with Gasteiger partial charge in [-0.15, -0.1) is 0 Å². The van der Waals surface area contributed by atoms with Gasteiger partial charge in [0.2, 0.25) is 11.8 Å². The van der Waals surface area contributed by atoms with Crippen LogP contribution in [-0.2, 0) is 9.59 Å². The van der Waals surface area contributed by atoms with E-state index in [1.807, 2.05) is 53.4 Å². The van der Waals surface area contributed by atoms with Crippen LogP contribution in [0, 0.1) is 5.92 Å². The molecule has 0 spiro atoms. The Bertz CT molecular complexity index is 634. The minimum atomic E-state index is -0.280. The van der Waals surface area contributed by atoms with E-state index in [-0.39, 0.29) is 24.2 Å². The zero-order valence-electron chi connectivity index (χ0n) is 10.9. The highest BCUT2D eigenvalue weighted by atomic mass is 16.2. The molecular weight excluding hydrogens is 254 g/mol. The summed E-state index contributed by atoms with van der Waals surface area (Å²) in [6.07, 6.45) is 4.16. The molecular formula is C15H15N3O2. The number of nitrogens with zero attached hydrogens (tertiary/aromatic N) is 1. The van der Waals surface area contributed by atoms with Gasteiger partial charge in [0.05, 0.1) is 5.92 Å². The topological polar surface area (TPSA) is 63.1 Å². The number of hydrogen-bond donors (Lipinski definition) is 2. The molecule has 0 saturated carbocycles. The van der Waals surface area contributed by atoms with Gasteiger partial charge in [-0.3, -0.25) is 9.59 Å². The molecule has 1 saturated heterocycles. The summed E-state index contributed by atoms with van der Waals surface area (Å²) in [4.78, 5) is 23.2. The van der Waals surface area contributed by atoms with E-state index in [0.717, 1.165) is 11.4 Å². The molecule has 0 bridgehead atoms. The predicted molar refractivity (Wildman–Crippen MR) is 75.5 cm³/mol. The Hall–Kier alpha value is -2.56. The van der Waals surface area contributed by atoms with Crippen molar-refractivity contribution in [2.45, 2.75) is 6.42 Å². The Kier molecular flexibility index (Phi) is 3.25. The lowest BCUT2D eigenvalue weighted by molar-refractivity contribution is -0.123. The molecule has 1 aliphatic rings. The van der Waals surface area contributed by atoms with Gasteiger partial charge in [0.15, 0.2) is 0 Å². The van der Waals surface area contributed by atoms with Crippen molar-refractivity contribution in [3.63, 3.8) is 0 Å². The fourth-order valence-electron chi connectivity index (χ4n) is 2.29. The summed E-state index contributed by atoms with van der Waals surface area (Å²) in [6, 6.07) is 11.5. The summed E-state index contributed by atoms with van der Waals surface area (Å²) in [5, 5.41) is 5.53. The number of carbonyl (C=O) groups is 2. The third-order valence-electron chi connectivity index (χ3n) is 3.36. The van der Waals surface area contributed by atoms with E-state index in [1.54, 1.807) is 0 Å². The molecule has 2 aromatic rings. The molecule has 2 N–H and O–H groups in total. The Morgan fingerprint density at radius 3 is 2.75 bits per heavy atom. The van der Waals surface area contributed by atoms with Gasteiger partial charge < -0.3 is 15.2 Å². The zero-order valence-corrected chi connectivity index (χ0v) is 10.9. The van der Waals surface area contributed by atoms with Crippen LogP contribution in [0.3, 0.4) is 0 Å². The van der Waals surface area contributed by atoms with Gasteiger partial charge in [-0.2, -0.15) is 0 Å². The van der Waals surface area contributed by atoms with Crippen molar-refractivity contribution in [3.05, 3.63) is 48.8 Å². The highest BCUT2D eigenvalue weighted by molar-refractivity contribution is 5.97. The summed E-state index contributed by atoms with van der Waals surface area (Å²) in [7, 11) is 0. The molecule has 0 aliphatic carbocycles. The lowest BCUT2D eigenvalue weighted by Gasteiger charge is -2.11. The van der Waals surface area contributed by atoms with E-state index in [0.29, 0.717) is 6.54 Å². The number of nitrogens with one attached hydrogen (secondary N) is 2. The van der Waals surface area contributed by atoms with E-state index < -0.39 is 0 Å². The number of benzene rings is 1. The molecule has 1 aromatic carbocycles. The number of carbonyl (C=O) groups excluding carboxylic acids is 2. The molecule has 2 amide bonds. The summed E-state index contributed by atoms with van der Waals surface area (Å²) in [6.45, 7) is 0.419. The van der Waals surface area contributed by atoms with E-state index in [1.165, 1.54) is 0 Å². The second-order valence-corrected chi connectivity index (χ2v) is 4.84. The van der Waals surface area contributed by atoms with Crippen LogP contribution in [0.1, 0.15) is 6.42 Å². The normalized spacial score (nSPS) is 17.8. The molecule has 1 aromatic heterocycles. The molecule has 5 nitrogen and oxygen atoms in total. The first kappa shape index (κ1) is 12.5. The fourth-order valence-corrected chi connectivity index (χ4v) is 2.29. The van der Waals surface area contributed by atoms with Crippen molar-refractivity contribution >= 4 is 17.5 Å². The highest BCUT2D eigenvalue weighted by Gasteiger charge is 2.27. The third kappa shape index (κ3) is 2.56. The predicted octanol–water partition coefficient (Wildman–Crippen LogP) is 1.55. The molecule has 1 unspecified atom stereocenters. The lowest BCUT2D eigenvalue weighted by Crippen LogP contribution is -2.24. The molecule has 1 atom stereocenters. The van der Waals surface area contributed by atoms with Gasteiger partial charge >= 0.3 is 0 Å². The quantitative estimate of drug-likeness (QED) is 0.888. The van der Waals surface area contributed by atoms with Crippen LogP contribution in [0.15, 0.2) is 48.8 Å². The monoisotopic (exact) mass is 269 g/mol. The smallest absolute Gasteiger partial charge is 0.229 e. The van der Waals surface area contributed by atoms with Crippen LogP contribution >= 0.6 is 0 Å². The van der Waals surface area contributed by atoms with Crippen molar-refractivity contribution in [3.8, 4) is 5.69 Å². The van der Waals surface area contributed by atoms with Crippen molar-refractivity contribution < 1.29 is 9.59 Å². The summed E-state index contributed by atoms with van der Waals surface area (Å²) in [5.41, 5.74) is 1.72. The van der Waals surface area contributed by atoms with Crippen LogP contribution in [0.4, 0.5) is 5.69 Å². The summed E-state index contributed by atoms with van der Waals surface area (Å²) >= 11 is 0. The van der Waals surface area contributed by atoms with Crippen molar-refractivity contribution in [1.29, 1.82) is 0 Å². The Morgan fingerprint density at radius 2 is 2.05 bits per heavy atom. The van der Waals surface area contributed by atoms with Crippen LogP contribution < -0.4 is 10.6 Å². The zero-order chi connectivity index (χ0) is 13.9. The molecule has 1 fully saturated rings. The average Bonchev–Trinajstić information content (AvgIpc) is 3.10. The molecule has 20 heavy (non-hydrogen) atoms. The molecule has 102 valence electrons. The minimum absolute atomic E-state index is 0.0637. The van der Waals surface area contributed by atoms with E-state index in [4.69, 9.17) is 0 Å². The van der Waals surface area contributed by atoms with Gasteiger partial charge in [-0.05, 0) is 30.3 Å². The van der Waals surface area contributed by atoms with E-state index >= 15 is 0 Å². The minimum Gasteiger partial charge on any atom is -0.355 e. The third-order valence-corrected chi connectivity index (χ3v) is 3.36. The number of hydrogen-bond acceptors (Lipinski definition) is 2. The van der Waals surface area contributed by atoms with Gasteiger partial charge in [0.25, 0.3) is 0 Å². The highest BCUT2D eigenvalue weighted by Crippen LogP contribution is 2.17. The first-order valence-electron chi connectivity index (χ1n) is 6.53. The molecule has 5 heteroatoms. The maximum absolute atomic E-state index is 12.0. The van der Waals surface area contributed by atoms with Gasteiger partial charge in [0, 0.05) is 36.7 Å². The SMILES string of the molecule is O=C1CC(C(=O)Nc2cccc(-n3cccc3)c2)CN1. The summed E-state index contributed by atoms with van der Waals surface area (Å²) < 4.78 is 1.97. The first-order valence-corrected chi connectivity index (χ1v) is 6.53. The van der Waals surface area contributed by atoms with Crippen molar-refractivity contribution in [2.24, 2.45) is 5.92 Å². The molecule has 2 heterocycles. The Balaban J connectivity index is 1.73. The van der Waals surface area contributed by atoms with Crippen molar-refractivity contribution in [1.82, 2.24) is 9.88 Å². The Labute approximate surface area is 116 Å². The average molecular weight is 269 g/mol. The van der Waals surface area contributed by atoms with Crippen molar-refractivity contribution in [2.75, 3.05) is 11.9 Å². The maximum Gasteiger partial charge on any atom is 0.229 e. The van der Waals surface area contributed by atoms with Crippen LogP contribution in [0.25, 0.3) is 5.69 Å². The van der Waals surface area contributed by atoms with Crippen LogP contribution in [0.2, 0.25) is 0 Å². The number of rotatable bonds is 3. The van der Waals surface area contributed by atoms with Gasteiger partial charge in [0.1, 0.15) is 0 Å². The molecule has 3 rings (SSSR count). The number of aromatic nitrogens is 1. The lowest BCUT2D eigenvalue weighted by atomic mass is 10.1. The second kappa shape index (κ2) is 5.21. The fraction of sp³-hybridized carbons (Fsp3) is 0.200. The second-order valence-electron chi connectivity index (χ2n) is 4.84. The molecule has 0 radical (unpaired) electrons. The Morgan fingerprint density at radius 1 is 1.25 bits per heavy atom. The summed E-state index contributed by atoms with van der Waals surface area (Å²) in [5.74, 6) is -0.461. The standard InChI is InChI=1S/C15H15N3O2/c19-14-8-11(10-16-14)15(20)17-12-4-3-5-13(9-12)18-6-1-2-7-18/h1-7,9,11H,8,10H2,(H,16,19)(H,17,20). The number of anilines is 1. The van der Waals surface area contributed by atoms with E-state index in [2.05, 4.69) is 10.6 Å². The van der Waals surface area contributed by atoms with Crippen LogP contribution in [-0.4, -0.2) is 22.9 Å². The first-order chi connectivity index (χ1) is 9.72. The molecule has 1 aliphatic heterocycles. The van der Waals surface area contributed by atoms with Gasteiger partial charge in [-0.1, -0.05) is 6.07 Å². The van der Waals surface area contributed by atoms with E-state index in [9.17, 15) is 9.59 Å². The van der Waals surface area contributed by atoms with Crippen LogP contribution in [0.5, 0.6) is 0 Å². The van der Waals surface area contributed by atoms with Gasteiger partial charge in [-0.25, -0.2) is 0 Å². The number of amides is 2. The largest absolute Gasteiger partial charge is 0.355 e. The maximum atomic E-state index is 12.0.